The fourth-order valence-corrected chi connectivity index (χ4v) is 1.48. The second-order valence-corrected chi connectivity index (χ2v) is 4.21. The smallest absolute Gasteiger partial charge is 0.226 e. The molecule has 0 aliphatic heterocycles. The molecule has 0 radical (unpaired) electrons. The largest absolute Gasteiger partial charge is 0.389 e. The maximum absolute atomic E-state index is 11.6. The summed E-state index contributed by atoms with van der Waals surface area (Å²) in [6.45, 7) is 4.88. The summed E-state index contributed by atoms with van der Waals surface area (Å²) in [6, 6.07) is 7.17. The van der Waals surface area contributed by atoms with Gasteiger partial charge in [-0.05, 0) is 31.0 Å². The Morgan fingerprint density at radius 1 is 1.33 bits per heavy atom. The lowest BCUT2D eigenvalue weighted by Crippen LogP contribution is -2.14. The van der Waals surface area contributed by atoms with Gasteiger partial charge in [0.2, 0.25) is 5.91 Å². The van der Waals surface area contributed by atoms with Crippen molar-refractivity contribution >= 4 is 11.6 Å². The summed E-state index contributed by atoms with van der Waals surface area (Å²) >= 11 is 0. The van der Waals surface area contributed by atoms with E-state index in [0.29, 0.717) is 19.6 Å². The lowest BCUT2D eigenvalue weighted by molar-refractivity contribution is -0.117. The lowest BCUT2D eigenvalue weighted by Gasteiger charge is -2.08. The summed E-state index contributed by atoms with van der Waals surface area (Å²) < 4.78 is 5.25. The molecule has 0 spiro atoms. The predicted molar refractivity (Wildman–Crippen MR) is 71.4 cm³/mol. The molecule has 4 nitrogen and oxygen atoms in total. The van der Waals surface area contributed by atoms with Gasteiger partial charge in [0.1, 0.15) is 0 Å². The van der Waals surface area contributed by atoms with E-state index in [4.69, 9.17) is 4.74 Å². The van der Waals surface area contributed by atoms with Gasteiger partial charge in [0.05, 0.1) is 19.1 Å². The molecule has 1 aromatic carbocycles. The number of amides is 1. The monoisotopic (exact) mass is 251 g/mol. The number of ether oxygens (including phenoxy) is 1. The molecule has 1 rings (SSSR count). The number of carbonyl (C=O) groups excluding carboxylic acids is 1. The zero-order valence-electron chi connectivity index (χ0n) is 11.0. The van der Waals surface area contributed by atoms with E-state index in [0.717, 1.165) is 17.7 Å². The second-order valence-electron chi connectivity index (χ2n) is 4.21. The Kier molecular flexibility index (Phi) is 6.39. The number of hydrogen-bond acceptors (Lipinski definition) is 3. The van der Waals surface area contributed by atoms with Crippen LogP contribution in [-0.4, -0.2) is 24.2 Å². The molecule has 0 bridgehead atoms. The van der Waals surface area contributed by atoms with E-state index >= 15 is 0 Å². The van der Waals surface area contributed by atoms with Crippen LogP contribution in [0.2, 0.25) is 0 Å². The lowest BCUT2D eigenvalue weighted by atomic mass is 10.1. The zero-order valence-corrected chi connectivity index (χ0v) is 11.0. The highest BCUT2D eigenvalue weighted by Gasteiger charge is 2.04. The molecule has 0 saturated carbocycles. The van der Waals surface area contributed by atoms with Gasteiger partial charge in [0, 0.05) is 12.3 Å². The van der Waals surface area contributed by atoms with E-state index < -0.39 is 6.10 Å². The Hall–Kier alpha value is -1.39. The molecule has 0 saturated heterocycles. The summed E-state index contributed by atoms with van der Waals surface area (Å²) in [5.41, 5.74) is 1.57. The molecule has 1 amide bonds. The summed E-state index contributed by atoms with van der Waals surface area (Å²) in [5.74, 6) is -0.0594. The minimum atomic E-state index is -0.489. The summed E-state index contributed by atoms with van der Waals surface area (Å²) in [6.07, 6.45) is 0.831. The first kappa shape index (κ1) is 14.7. The van der Waals surface area contributed by atoms with Crippen LogP contribution in [0.5, 0.6) is 0 Å². The van der Waals surface area contributed by atoms with Crippen molar-refractivity contribution in [2.45, 2.75) is 32.8 Å². The third kappa shape index (κ3) is 5.29. The molecule has 1 atom stereocenters. The Bertz CT molecular complexity index is 360. The summed E-state index contributed by atoms with van der Waals surface area (Å²) in [7, 11) is 0. The molecule has 1 unspecified atom stereocenters. The van der Waals surface area contributed by atoms with Crippen LogP contribution < -0.4 is 5.32 Å². The fourth-order valence-electron chi connectivity index (χ4n) is 1.48. The normalized spacial score (nSPS) is 12.2. The Morgan fingerprint density at radius 3 is 2.56 bits per heavy atom. The van der Waals surface area contributed by atoms with Crippen LogP contribution in [-0.2, 0) is 9.53 Å². The van der Waals surface area contributed by atoms with Crippen LogP contribution in [0.3, 0.4) is 0 Å². The minimum Gasteiger partial charge on any atom is -0.389 e. The van der Waals surface area contributed by atoms with Gasteiger partial charge in [0.15, 0.2) is 0 Å². The maximum atomic E-state index is 11.6. The van der Waals surface area contributed by atoms with Crippen molar-refractivity contribution in [3.63, 3.8) is 0 Å². The molecule has 2 N–H and O–H groups in total. The molecule has 0 fully saturated rings. The SMILES string of the molecule is CCCOCCC(=O)Nc1ccc(C(C)O)cc1. The van der Waals surface area contributed by atoms with Gasteiger partial charge in [-0.1, -0.05) is 19.1 Å². The molecular formula is C14H21NO3. The molecular weight excluding hydrogens is 230 g/mol. The molecule has 0 aromatic heterocycles. The van der Waals surface area contributed by atoms with Crippen molar-refractivity contribution in [3.05, 3.63) is 29.8 Å². The van der Waals surface area contributed by atoms with Crippen molar-refractivity contribution in [3.8, 4) is 0 Å². The standard InChI is InChI=1S/C14H21NO3/c1-3-9-18-10-8-14(17)15-13-6-4-12(5-7-13)11(2)16/h4-7,11,16H,3,8-10H2,1-2H3,(H,15,17). The number of hydrogen-bond donors (Lipinski definition) is 2. The maximum Gasteiger partial charge on any atom is 0.226 e. The molecule has 18 heavy (non-hydrogen) atoms. The van der Waals surface area contributed by atoms with E-state index in [9.17, 15) is 9.90 Å². The van der Waals surface area contributed by atoms with E-state index in [1.165, 1.54) is 0 Å². The zero-order chi connectivity index (χ0) is 13.4. The van der Waals surface area contributed by atoms with Gasteiger partial charge in [-0.25, -0.2) is 0 Å². The Labute approximate surface area is 108 Å². The van der Waals surface area contributed by atoms with Gasteiger partial charge < -0.3 is 15.2 Å². The minimum absolute atomic E-state index is 0.0594. The number of anilines is 1. The third-order valence-electron chi connectivity index (χ3n) is 2.50. The molecule has 0 aliphatic rings. The molecule has 1 aromatic rings. The van der Waals surface area contributed by atoms with E-state index in [2.05, 4.69) is 5.32 Å². The van der Waals surface area contributed by atoms with Crippen LogP contribution in [0.1, 0.15) is 38.4 Å². The van der Waals surface area contributed by atoms with Gasteiger partial charge in [-0.3, -0.25) is 4.79 Å². The van der Waals surface area contributed by atoms with Crippen LogP contribution in [0.4, 0.5) is 5.69 Å². The number of aliphatic hydroxyl groups is 1. The molecule has 4 heteroatoms. The quantitative estimate of drug-likeness (QED) is 0.732. The summed E-state index contributed by atoms with van der Waals surface area (Å²) in [5, 5.41) is 12.1. The first-order valence-electron chi connectivity index (χ1n) is 6.29. The Morgan fingerprint density at radius 2 is 2.00 bits per heavy atom. The van der Waals surface area contributed by atoms with Gasteiger partial charge in [-0.2, -0.15) is 0 Å². The first-order chi connectivity index (χ1) is 8.63. The van der Waals surface area contributed by atoms with Gasteiger partial charge in [-0.15, -0.1) is 0 Å². The van der Waals surface area contributed by atoms with Crippen LogP contribution in [0.25, 0.3) is 0 Å². The number of nitrogens with one attached hydrogen (secondary N) is 1. The highest BCUT2D eigenvalue weighted by Crippen LogP contribution is 2.15. The molecule has 100 valence electrons. The number of rotatable bonds is 7. The van der Waals surface area contributed by atoms with Crippen molar-refractivity contribution in [2.75, 3.05) is 18.5 Å². The van der Waals surface area contributed by atoms with Crippen molar-refractivity contribution in [2.24, 2.45) is 0 Å². The van der Waals surface area contributed by atoms with Crippen LogP contribution >= 0.6 is 0 Å². The molecule has 0 aliphatic carbocycles. The molecule has 0 heterocycles. The predicted octanol–water partition coefficient (Wildman–Crippen LogP) is 2.50. The Balaban J connectivity index is 2.35. The second kappa shape index (κ2) is 7.84. The highest BCUT2D eigenvalue weighted by atomic mass is 16.5. The fraction of sp³-hybridized carbons (Fsp3) is 0.500. The topological polar surface area (TPSA) is 58.6 Å². The van der Waals surface area contributed by atoms with Crippen molar-refractivity contribution < 1.29 is 14.6 Å². The first-order valence-corrected chi connectivity index (χ1v) is 6.29. The summed E-state index contributed by atoms with van der Waals surface area (Å²) in [4.78, 5) is 11.6. The highest BCUT2D eigenvalue weighted by molar-refractivity contribution is 5.90. The van der Waals surface area contributed by atoms with E-state index in [-0.39, 0.29) is 5.91 Å². The number of aliphatic hydroxyl groups excluding tert-OH is 1. The number of benzene rings is 1. The average Bonchev–Trinajstić information content (AvgIpc) is 2.35. The van der Waals surface area contributed by atoms with E-state index in [1.54, 1.807) is 31.2 Å². The van der Waals surface area contributed by atoms with Crippen molar-refractivity contribution in [1.29, 1.82) is 0 Å². The number of carbonyl (C=O) groups is 1. The van der Waals surface area contributed by atoms with Gasteiger partial charge in [0.25, 0.3) is 0 Å². The van der Waals surface area contributed by atoms with E-state index in [1.807, 2.05) is 6.92 Å². The van der Waals surface area contributed by atoms with Gasteiger partial charge >= 0.3 is 0 Å². The van der Waals surface area contributed by atoms with Crippen LogP contribution in [0, 0.1) is 0 Å². The van der Waals surface area contributed by atoms with Crippen molar-refractivity contribution in [1.82, 2.24) is 0 Å². The van der Waals surface area contributed by atoms with Crippen LogP contribution in [0.15, 0.2) is 24.3 Å². The average molecular weight is 251 g/mol. The third-order valence-corrected chi connectivity index (χ3v) is 2.50.